The number of rotatable bonds is 5. The summed E-state index contributed by atoms with van der Waals surface area (Å²) in [6.07, 6.45) is 3.69. The van der Waals surface area contributed by atoms with E-state index in [1.807, 2.05) is 32.1 Å². The summed E-state index contributed by atoms with van der Waals surface area (Å²) in [6.45, 7) is 3.56. The minimum absolute atomic E-state index is 0.0365. The van der Waals surface area contributed by atoms with Crippen molar-refractivity contribution in [2.45, 2.75) is 32.7 Å². The van der Waals surface area contributed by atoms with Crippen LogP contribution in [0.15, 0.2) is 59.3 Å². The van der Waals surface area contributed by atoms with Crippen molar-refractivity contribution in [2.75, 3.05) is 26.1 Å². The summed E-state index contributed by atoms with van der Waals surface area (Å²) >= 11 is 0. The predicted molar refractivity (Wildman–Crippen MR) is 121 cm³/mol. The highest BCUT2D eigenvalue weighted by molar-refractivity contribution is 6.06. The van der Waals surface area contributed by atoms with Gasteiger partial charge < -0.3 is 9.64 Å². The highest BCUT2D eigenvalue weighted by Gasteiger charge is 2.42. The van der Waals surface area contributed by atoms with Gasteiger partial charge in [0, 0.05) is 43.0 Å². The lowest BCUT2D eigenvalue weighted by molar-refractivity contribution is -0.112. The standard InChI is InChI=1S/C25H29N3O2/c1-16(14-17(2)29)28-25(18-6-9-20(10-7-18)27(3)4)23-12-8-19-15-21(30-5)11-13-22(19)24(23)26-28/h6-7,9-11,13-15,23,25H,8,12H2,1-5H3/b16-14+/t23-,25-/m0/s1. The number of carbonyl (C=O) groups is 1. The Bertz CT molecular complexity index is 1020. The Morgan fingerprint density at radius 2 is 1.90 bits per heavy atom. The molecule has 1 heterocycles. The monoisotopic (exact) mass is 403 g/mol. The van der Waals surface area contributed by atoms with Crippen molar-refractivity contribution in [3.63, 3.8) is 0 Å². The van der Waals surface area contributed by atoms with E-state index in [0.717, 1.165) is 30.0 Å². The van der Waals surface area contributed by atoms with E-state index in [1.54, 1.807) is 20.1 Å². The van der Waals surface area contributed by atoms with Crippen molar-refractivity contribution in [1.82, 2.24) is 5.01 Å². The van der Waals surface area contributed by atoms with Crippen LogP contribution in [0.3, 0.4) is 0 Å². The molecule has 5 heteroatoms. The molecule has 5 nitrogen and oxygen atoms in total. The largest absolute Gasteiger partial charge is 0.497 e. The van der Waals surface area contributed by atoms with Crippen molar-refractivity contribution >= 4 is 17.2 Å². The minimum atomic E-state index is 0.0365. The Morgan fingerprint density at radius 1 is 1.17 bits per heavy atom. The van der Waals surface area contributed by atoms with Crippen LogP contribution in [0.4, 0.5) is 5.69 Å². The average Bonchev–Trinajstić information content (AvgIpc) is 3.13. The zero-order valence-electron chi connectivity index (χ0n) is 18.3. The lowest BCUT2D eigenvalue weighted by Gasteiger charge is -2.31. The third-order valence-corrected chi connectivity index (χ3v) is 6.05. The first-order chi connectivity index (χ1) is 14.4. The van der Waals surface area contributed by atoms with Crippen molar-refractivity contribution < 1.29 is 9.53 Å². The average molecular weight is 404 g/mol. The normalized spacial score (nSPS) is 20.4. The summed E-state index contributed by atoms with van der Waals surface area (Å²) in [7, 11) is 5.79. The number of carbonyl (C=O) groups excluding carboxylic acids is 1. The molecule has 1 aliphatic carbocycles. The van der Waals surface area contributed by atoms with Crippen LogP contribution in [0.25, 0.3) is 0 Å². The van der Waals surface area contributed by atoms with Gasteiger partial charge in [0.05, 0.1) is 18.9 Å². The number of ketones is 1. The van der Waals surface area contributed by atoms with Crippen LogP contribution >= 0.6 is 0 Å². The molecule has 0 saturated heterocycles. The van der Waals surface area contributed by atoms with Gasteiger partial charge in [0.25, 0.3) is 0 Å². The number of allylic oxidation sites excluding steroid dienone is 2. The Labute approximate surface area is 178 Å². The van der Waals surface area contributed by atoms with E-state index in [9.17, 15) is 4.79 Å². The number of hydrogen-bond acceptors (Lipinski definition) is 5. The molecule has 4 rings (SSSR count). The Balaban J connectivity index is 1.78. The van der Waals surface area contributed by atoms with Crippen LogP contribution in [0, 0.1) is 5.92 Å². The number of ether oxygens (including phenoxy) is 1. The van der Waals surface area contributed by atoms with Crippen molar-refractivity contribution in [1.29, 1.82) is 0 Å². The molecule has 1 aliphatic heterocycles. The molecular formula is C25H29N3O2. The summed E-state index contributed by atoms with van der Waals surface area (Å²) in [5.74, 6) is 1.20. The molecule has 0 N–H and O–H groups in total. The summed E-state index contributed by atoms with van der Waals surface area (Å²) in [4.78, 5) is 13.9. The van der Waals surface area contributed by atoms with Gasteiger partial charge in [0.2, 0.25) is 0 Å². The van der Waals surface area contributed by atoms with Gasteiger partial charge in [-0.2, -0.15) is 5.10 Å². The molecule has 2 aromatic carbocycles. The number of nitrogens with zero attached hydrogens (tertiary/aromatic N) is 3. The van der Waals surface area contributed by atoms with Crippen molar-refractivity contribution in [3.05, 3.63) is 70.9 Å². The first-order valence-electron chi connectivity index (χ1n) is 10.4. The summed E-state index contributed by atoms with van der Waals surface area (Å²) in [6, 6.07) is 15.0. The maximum Gasteiger partial charge on any atom is 0.154 e. The van der Waals surface area contributed by atoms with Gasteiger partial charge in [-0.15, -0.1) is 0 Å². The lowest BCUT2D eigenvalue weighted by Crippen LogP contribution is -2.28. The van der Waals surface area contributed by atoms with Crippen LogP contribution in [0.5, 0.6) is 5.75 Å². The van der Waals surface area contributed by atoms with E-state index in [1.165, 1.54) is 22.4 Å². The highest BCUT2D eigenvalue weighted by atomic mass is 16.5. The van der Waals surface area contributed by atoms with E-state index in [0.29, 0.717) is 0 Å². The number of hydrogen-bond donors (Lipinski definition) is 0. The molecular weight excluding hydrogens is 374 g/mol. The highest BCUT2D eigenvalue weighted by Crippen LogP contribution is 2.45. The molecule has 0 saturated carbocycles. The van der Waals surface area contributed by atoms with Gasteiger partial charge in [-0.3, -0.25) is 9.80 Å². The van der Waals surface area contributed by atoms with Crippen LogP contribution in [0.1, 0.15) is 43.0 Å². The van der Waals surface area contributed by atoms with Gasteiger partial charge in [0.15, 0.2) is 5.78 Å². The Hall–Kier alpha value is -3.08. The fourth-order valence-electron chi connectivity index (χ4n) is 4.59. The molecule has 0 spiro atoms. The summed E-state index contributed by atoms with van der Waals surface area (Å²) < 4.78 is 5.41. The van der Waals surface area contributed by atoms with Gasteiger partial charge in [-0.25, -0.2) is 0 Å². The number of benzene rings is 2. The zero-order chi connectivity index (χ0) is 21.4. The topological polar surface area (TPSA) is 45.1 Å². The smallest absolute Gasteiger partial charge is 0.154 e. The molecule has 2 aliphatic rings. The number of fused-ring (bicyclic) bond motifs is 3. The molecule has 2 atom stereocenters. The Kier molecular flexibility index (Phi) is 5.37. The number of anilines is 1. The summed E-state index contributed by atoms with van der Waals surface area (Å²) in [5, 5.41) is 7.10. The summed E-state index contributed by atoms with van der Waals surface area (Å²) in [5.41, 5.74) is 6.85. The van der Waals surface area contributed by atoms with Crippen LogP contribution in [-0.2, 0) is 11.2 Å². The first kappa shape index (κ1) is 20.2. The van der Waals surface area contributed by atoms with Crippen LogP contribution in [0.2, 0.25) is 0 Å². The van der Waals surface area contributed by atoms with Gasteiger partial charge in [0.1, 0.15) is 5.75 Å². The SMILES string of the molecule is COc1ccc2c(c1)CC[C@H]1C2=NN(/C(C)=C/C(C)=O)[C@H]1c1ccc(N(C)C)cc1. The van der Waals surface area contributed by atoms with Gasteiger partial charge in [-0.05, 0) is 68.1 Å². The molecule has 0 fully saturated rings. The van der Waals surface area contributed by atoms with Crippen molar-refractivity contribution in [3.8, 4) is 5.75 Å². The molecule has 0 amide bonds. The first-order valence-corrected chi connectivity index (χ1v) is 10.4. The second-order valence-corrected chi connectivity index (χ2v) is 8.33. The van der Waals surface area contributed by atoms with E-state index in [2.05, 4.69) is 41.3 Å². The fourth-order valence-corrected chi connectivity index (χ4v) is 4.59. The van der Waals surface area contributed by atoms with Crippen LogP contribution in [-0.4, -0.2) is 37.7 Å². The van der Waals surface area contributed by atoms with Crippen LogP contribution < -0.4 is 9.64 Å². The van der Waals surface area contributed by atoms with Gasteiger partial charge in [-0.1, -0.05) is 12.1 Å². The van der Waals surface area contributed by atoms with E-state index in [4.69, 9.17) is 9.84 Å². The number of aryl methyl sites for hydroxylation is 1. The second kappa shape index (κ2) is 7.98. The molecule has 0 aromatic heterocycles. The minimum Gasteiger partial charge on any atom is -0.497 e. The van der Waals surface area contributed by atoms with Crippen molar-refractivity contribution in [2.24, 2.45) is 11.0 Å². The van der Waals surface area contributed by atoms with E-state index >= 15 is 0 Å². The Morgan fingerprint density at radius 3 is 2.53 bits per heavy atom. The zero-order valence-corrected chi connectivity index (χ0v) is 18.3. The molecule has 30 heavy (non-hydrogen) atoms. The van der Waals surface area contributed by atoms with E-state index in [-0.39, 0.29) is 17.7 Å². The number of methoxy groups -OCH3 is 1. The number of hydrazone groups is 1. The maximum atomic E-state index is 11.8. The molecule has 0 radical (unpaired) electrons. The molecule has 0 bridgehead atoms. The predicted octanol–water partition coefficient (Wildman–Crippen LogP) is 4.58. The maximum absolute atomic E-state index is 11.8. The molecule has 2 aromatic rings. The third-order valence-electron chi connectivity index (χ3n) is 6.05. The molecule has 156 valence electrons. The lowest BCUT2D eigenvalue weighted by atomic mass is 9.77. The van der Waals surface area contributed by atoms with E-state index < -0.39 is 0 Å². The second-order valence-electron chi connectivity index (χ2n) is 8.33. The fraction of sp³-hybridized carbons (Fsp3) is 0.360. The van der Waals surface area contributed by atoms with Gasteiger partial charge >= 0.3 is 0 Å². The quantitative estimate of drug-likeness (QED) is 0.686. The molecule has 0 unspecified atom stereocenters. The third kappa shape index (κ3) is 3.60.